The first-order valence-electron chi connectivity index (χ1n) is 20.6. The normalized spacial score (nSPS) is 15.2. The summed E-state index contributed by atoms with van der Waals surface area (Å²) < 4.78 is 8.83. The molecule has 4 amide bonds. The van der Waals surface area contributed by atoms with Crippen molar-refractivity contribution >= 4 is 41.9 Å². The van der Waals surface area contributed by atoms with Crippen molar-refractivity contribution in [1.29, 1.82) is 0 Å². The van der Waals surface area contributed by atoms with E-state index in [2.05, 4.69) is 57.3 Å². The number of nitrogens with zero attached hydrogens (tertiary/aromatic N) is 5. The highest BCUT2D eigenvalue weighted by Crippen LogP contribution is 2.31. The van der Waals surface area contributed by atoms with E-state index in [1.165, 1.54) is 20.6 Å². The molecule has 2 aromatic heterocycles. The number of imidazole rings is 2. The molecule has 0 bridgehead atoms. The molecule has 17 nitrogen and oxygen atoms in total. The summed E-state index contributed by atoms with van der Waals surface area (Å²) in [7, 11) is 4.64. The number of rotatable bonds is 14. The second-order valence-electron chi connectivity index (χ2n) is 14.5. The van der Waals surface area contributed by atoms with Crippen LogP contribution in [0.3, 0.4) is 0 Å². The first-order valence-corrected chi connectivity index (χ1v) is 20.6. The maximum absolute atomic E-state index is 13.2. The number of piperazine rings is 1. The predicted molar refractivity (Wildman–Crippen MR) is 235 cm³/mol. The van der Waals surface area contributed by atoms with E-state index in [1.807, 2.05) is 101 Å². The second kappa shape index (κ2) is 24.3. The van der Waals surface area contributed by atoms with Crippen molar-refractivity contribution in [3.05, 3.63) is 120 Å². The minimum absolute atomic E-state index is 0.00662. The quantitative estimate of drug-likeness (QED) is 0.0727. The Bertz CT molecular complexity index is 2120. The molecule has 0 radical (unpaired) electrons. The molecule has 2 aliphatic heterocycles. The van der Waals surface area contributed by atoms with Crippen molar-refractivity contribution in [2.45, 2.75) is 44.2 Å². The fraction of sp³-hybridized carbons (Fsp3) is 0.356. The van der Waals surface area contributed by atoms with Gasteiger partial charge in [-0.15, -0.1) is 0 Å². The smallest absolute Gasteiger partial charge is 0.407 e. The number of methoxy groups -OCH3 is 2. The van der Waals surface area contributed by atoms with Gasteiger partial charge in [0.2, 0.25) is 17.8 Å². The largest absolute Gasteiger partial charge is 0.453 e. The number of nitrogens with one attached hydrogen (secondary N) is 5. The van der Waals surface area contributed by atoms with Crippen LogP contribution < -0.4 is 25.8 Å². The fourth-order valence-corrected chi connectivity index (χ4v) is 6.98. The molecule has 62 heavy (non-hydrogen) atoms. The van der Waals surface area contributed by atoms with E-state index >= 15 is 0 Å². The van der Waals surface area contributed by atoms with Gasteiger partial charge in [-0.05, 0) is 62.5 Å². The number of aldehydes is 1. The number of alkyl carbamates (subject to hydrolysis) is 2. The fourth-order valence-electron chi connectivity index (χ4n) is 6.98. The Morgan fingerprint density at radius 2 is 1.53 bits per heavy atom. The van der Waals surface area contributed by atoms with Gasteiger partial charge in [0.05, 0.1) is 50.6 Å². The molecule has 328 valence electrons. The minimum atomic E-state index is -0.834. The third kappa shape index (κ3) is 13.8. The van der Waals surface area contributed by atoms with Crippen molar-refractivity contribution in [3.8, 4) is 11.3 Å². The maximum Gasteiger partial charge on any atom is 0.407 e. The van der Waals surface area contributed by atoms with Crippen LogP contribution in [0.25, 0.3) is 11.3 Å². The molecule has 5 aromatic rings. The highest BCUT2D eigenvalue weighted by molar-refractivity contribution is 5.97. The summed E-state index contributed by atoms with van der Waals surface area (Å²) in [6.45, 7) is 3.13. The topological polar surface area (TPSA) is 207 Å². The molecule has 3 aromatic carbocycles. The Morgan fingerprint density at radius 3 is 2.16 bits per heavy atom. The average molecular weight is 849 g/mol. The molecule has 2 aliphatic rings. The number of carbonyl (C=O) groups excluding carboxylic acids is 5. The molecule has 2 fully saturated rings. The molecule has 2 saturated heterocycles. The third-order valence-electron chi connectivity index (χ3n) is 10.3. The third-order valence-corrected chi connectivity index (χ3v) is 10.3. The van der Waals surface area contributed by atoms with Gasteiger partial charge in [-0.25, -0.2) is 19.6 Å². The SMILES string of the molecule is COC(=O)NC(C(=O)NCCCCc1ncc(-c2ccc(N3CCN(c4ncc(C5CCCN5C)[nH]4)CC3=O)cc2)[nH]1)c1ccccc1.COC(=O)NCC=O.c1ccccc1. The van der Waals surface area contributed by atoms with Crippen LogP contribution in [0.1, 0.15) is 54.8 Å². The van der Waals surface area contributed by atoms with Crippen LogP contribution in [-0.2, 0) is 30.3 Å². The van der Waals surface area contributed by atoms with Crippen molar-refractivity contribution in [2.75, 3.05) is 70.3 Å². The number of H-pyrrole nitrogens is 2. The van der Waals surface area contributed by atoms with Crippen LogP contribution in [0.15, 0.2) is 103 Å². The van der Waals surface area contributed by atoms with Crippen molar-refractivity contribution in [1.82, 2.24) is 40.8 Å². The summed E-state index contributed by atoms with van der Waals surface area (Å²) in [6, 6.07) is 28.6. The van der Waals surface area contributed by atoms with E-state index in [4.69, 9.17) is 0 Å². The van der Waals surface area contributed by atoms with Crippen molar-refractivity contribution < 1.29 is 33.4 Å². The summed E-state index contributed by atoms with van der Waals surface area (Å²) >= 11 is 0. The lowest BCUT2D eigenvalue weighted by Gasteiger charge is -2.34. The summed E-state index contributed by atoms with van der Waals surface area (Å²) in [5, 5.41) is 7.66. The zero-order chi connectivity index (χ0) is 44.1. The van der Waals surface area contributed by atoms with Crippen LogP contribution in [0.4, 0.5) is 21.2 Å². The van der Waals surface area contributed by atoms with Gasteiger partial charge in [-0.2, -0.15) is 0 Å². The summed E-state index contributed by atoms with van der Waals surface area (Å²) in [6.07, 6.45) is 7.66. The lowest BCUT2D eigenvalue weighted by atomic mass is 10.1. The van der Waals surface area contributed by atoms with E-state index in [-0.39, 0.29) is 24.9 Å². The number of hydrogen-bond acceptors (Lipinski definition) is 11. The Kier molecular flexibility index (Phi) is 18.1. The first-order chi connectivity index (χ1) is 30.2. The van der Waals surface area contributed by atoms with Crippen LogP contribution in [0, 0.1) is 0 Å². The number of hydrogen-bond donors (Lipinski definition) is 5. The number of unbranched alkanes of at least 4 members (excludes halogenated alkanes) is 1. The Hall–Kier alpha value is -7.01. The summed E-state index contributed by atoms with van der Waals surface area (Å²) in [5.74, 6) is 1.37. The van der Waals surface area contributed by atoms with Gasteiger partial charge in [0.25, 0.3) is 0 Å². The number of benzene rings is 3. The zero-order valence-corrected chi connectivity index (χ0v) is 35.4. The highest BCUT2D eigenvalue weighted by Gasteiger charge is 2.29. The summed E-state index contributed by atoms with van der Waals surface area (Å²) in [5.41, 5.74) is 4.55. The maximum atomic E-state index is 13.2. The molecule has 4 heterocycles. The van der Waals surface area contributed by atoms with E-state index in [1.54, 1.807) is 12.1 Å². The van der Waals surface area contributed by atoms with Gasteiger partial charge >= 0.3 is 12.2 Å². The van der Waals surface area contributed by atoms with Gasteiger partial charge in [0, 0.05) is 31.7 Å². The number of carbonyl (C=O) groups is 5. The number of anilines is 2. The molecule has 17 heteroatoms. The van der Waals surface area contributed by atoms with Crippen LogP contribution in [0.5, 0.6) is 0 Å². The predicted octanol–water partition coefficient (Wildman–Crippen LogP) is 5.18. The Labute approximate surface area is 361 Å². The molecule has 5 N–H and O–H groups in total. The van der Waals surface area contributed by atoms with E-state index in [0.29, 0.717) is 37.5 Å². The molecular formula is C45H56N10O7. The van der Waals surface area contributed by atoms with E-state index < -0.39 is 18.2 Å². The van der Waals surface area contributed by atoms with E-state index in [9.17, 15) is 24.0 Å². The highest BCUT2D eigenvalue weighted by atomic mass is 16.5. The number of ether oxygens (including phenoxy) is 2. The Balaban J connectivity index is 0.000000442. The van der Waals surface area contributed by atoms with Crippen LogP contribution >= 0.6 is 0 Å². The zero-order valence-electron chi connectivity index (χ0n) is 35.4. The molecule has 0 saturated carbocycles. The van der Waals surface area contributed by atoms with Gasteiger partial charge < -0.3 is 50.0 Å². The molecule has 7 rings (SSSR count). The van der Waals surface area contributed by atoms with Crippen LogP contribution in [-0.4, -0.2) is 116 Å². The number of aromatic amines is 2. The number of aryl methyl sites for hydroxylation is 1. The summed E-state index contributed by atoms with van der Waals surface area (Å²) in [4.78, 5) is 79.6. The molecule has 2 unspecified atom stereocenters. The number of likely N-dealkylation sites (tertiary alicyclic amines) is 1. The monoisotopic (exact) mass is 848 g/mol. The average Bonchev–Trinajstić information content (AvgIpc) is 4.10. The van der Waals surface area contributed by atoms with Crippen molar-refractivity contribution in [2.24, 2.45) is 0 Å². The van der Waals surface area contributed by atoms with Crippen LogP contribution in [0.2, 0.25) is 0 Å². The molecule has 0 aliphatic carbocycles. The van der Waals surface area contributed by atoms with Gasteiger partial charge in [-0.1, -0.05) is 78.9 Å². The lowest BCUT2D eigenvalue weighted by molar-refractivity contribution is -0.123. The standard InChI is InChI=1S/C35H43N9O4.C6H6.C4H7NO3/c1-42-18-8-11-29(42)28-22-38-34(40-28)43-19-20-44(31(45)23-43)26-15-13-24(14-16-26)27-21-37-30(39-27)12-6-7-17-36-33(46)32(41-35(47)48-2)25-9-4-3-5-10-25;1-2-4-6-5-3-1;1-8-4(7)5-2-3-6/h3-5,9-10,13-16,21-22,29,32H,6-8,11-12,17-20,23H2,1-2H3,(H,36,46)(H,37,39)(H,38,40)(H,41,47);1-6H;3H,2H2,1H3,(H,5,7). The Morgan fingerprint density at radius 1 is 0.839 bits per heavy atom. The number of amides is 4. The van der Waals surface area contributed by atoms with Gasteiger partial charge in [0.1, 0.15) is 24.7 Å². The second-order valence-corrected chi connectivity index (χ2v) is 14.5. The molecule has 2 atom stereocenters. The molecule has 0 spiro atoms. The first kappa shape index (κ1) is 46.1. The molecular weight excluding hydrogens is 793 g/mol. The minimum Gasteiger partial charge on any atom is -0.453 e. The van der Waals surface area contributed by atoms with E-state index in [0.717, 1.165) is 66.6 Å². The van der Waals surface area contributed by atoms with Crippen molar-refractivity contribution in [3.63, 3.8) is 0 Å². The lowest BCUT2D eigenvalue weighted by Crippen LogP contribution is -2.51. The van der Waals surface area contributed by atoms with Gasteiger partial charge in [-0.3, -0.25) is 14.5 Å². The van der Waals surface area contributed by atoms with Gasteiger partial charge in [0.15, 0.2) is 0 Å². The number of aromatic nitrogens is 4.